The molecule has 0 bridgehead atoms. The molecule has 0 atom stereocenters. The van der Waals surface area contributed by atoms with Crippen LogP contribution in [0.2, 0.25) is 10.2 Å². The Morgan fingerprint density at radius 2 is 1.87 bits per heavy atom. The average molecular weight is 456 g/mol. The van der Waals surface area contributed by atoms with E-state index in [1.54, 1.807) is 16.5 Å². The summed E-state index contributed by atoms with van der Waals surface area (Å²) in [6, 6.07) is 5.90. The lowest BCUT2D eigenvalue weighted by molar-refractivity contribution is 0.324. The van der Waals surface area contributed by atoms with Gasteiger partial charge in [0, 0.05) is 31.2 Å². The van der Waals surface area contributed by atoms with E-state index in [-0.39, 0.29) is 11.2 Å². The van der Waals surface area contributed by atoms with Crippen molar-refractivity contribution in [2.24, 2.45) is 12.8 Å². The third kappa shape index (κ3) is 3.10. The summed E-state index contributed by atoms with van der Waals surface area (Å²) >= 11 is 13.1. The summed E-state index contributed by atoms with van der Waals surface area (Å²) in [6.45, 7) is 3.49. The van der Waals surface area contributed by atoms with E-state index in [4.69, 9.17) is 34.0 Å². The molecule has 0 radical (unpaired) electrons. The van der Waals surface area contributed by atoms with Gasteiger partial charge in [-0.25, -0.2) is 9.97 Å². The molecule has 1 aliphatic rings. The molecule has 5 rings (SSSR count). The van der Waals surface area contributed by atoms with Crippen molar-refractivity contribution in [1.82, 2.24) is 29.6 Å². The van der Waals surface area contributed by atoms with Crippen LogP contribution in [0, 0.1) is 11.3 Å². The molecular weight excluding hydrogens is 437 g/mol. The van der Waals surface area contributed by atoms with Gasteiger partial charge in [0.15, 0.2) is 16.5 Å². The zero-order valence-corrected chi connectivity index (χ0v) is 18.5. The van der Waals surface area contributed by atoms with Gasteiger partial charge >= 0.3 is 0 Å². The highest BCUT2D eigenvalue weighted by Gasteiger charge is 2.29. The number of nitrogens with zero attached hydrogens (tertiary/aromatic N) is 8. The van der Waals surface area contributed by atoms with Gasteiger partial charge in [0.1, 0.15) is 18.1 Å². The molecule has 0 spiro atoms. The molecule has 1 saturated heterocycles. The van der Waals surface area contributed by atoms with Gasteiger partial charge < -0.3 is 5.73 Å². The van der Waals surface area contributed by atoms with E-state index in [1.807, 2.05) is 12.1 Å². The molecule has 4 aromatic rings. The Labute approximate surface area is 187 Å². The van der Waals surface area contributed by atoms with Gasteiger partial charge in [0.05, 0.1) is 21.3 Å². The quantitative estimate of drug-likeness (QED) is 0.493. The summed E-state index contributed by atoms with van der Waals surface area (Å²) in [5.41, 5.74) is 8.85. The van der Waals surface area contributed by atoms with Crippen molar-refractivity contribution in [3.05, 3.63) is 34.3 Å². The van der Waals surface area contributed by atoms with Crippen LogP contribution in [-0.2, 0) is 7.05 Å². The monoisotopic (exact) mass is 455 g/mol. The maximum absolute atomic E-state index is 9.71. The Morgan fingerprint density at radius 3 is 2.58 bits per heavy atom. The Hall–Kier alpha value is -2.93. The summed E-state index contributed by atoms with van der Waals surface area (Å²) in [5.74, 6) is 0. The first kappa shape index (κ1) is 20.0. The molecule has 1 aromatic carbocycles. The molecule has 0 unspecified atom stereocenters. The molecule has 9 nitrogen and oxygen atoms in total. The minimum Gasteiger partial charge on any atom is -0.325 e. The molecule has 1 aliphatic heterocycles. The largest absolute Gasteiger partial charge is 0.325 e. The minimum absolute atomic E-state index is 0.208. The number of nitrogens with two attached hydrogens (primary N) is 1. The van der Waals surface area contributed by atoms with Crippen molar-refractivity contribution in [2.45, 2.75) is 25.3 Å². The first-order valence-electron chi connectivity index (χ1n) is 9.80. The van der Waals surface area contributed by atoms with Crippen molar-refractivity contribution in [2.75, 3.05) is 18.1 Å². The van der Waals surface area contributed by atoms with Crippen molar-refractivity contribution in [1.29, 1.82) is 5.26 Å². The second kappa shape index (κ2) is 7.05. The van der Waals surface area contributed by atoms with E-state index >= 15 is 0 Å². The molecule has 2 N–H and O–H groups in total. The number of fused-ring (bicyclic) bond motifs is 2. The highest BCUT2D eigenvalue weighted by molar-refractivity contribution is 6.43. The van der Waals surface area contributed by atoms with Crippen LogP contribution in [0.1, 0.15) is 25.5 Å². The van der Waals surface area contributed by atoms with Crippen LogP contribution < -0.4 is 10.7 Å². The van der Waals surface area contributed by atoms with E-state index in [0.717, 1.165) is 31.4 Å². The van der Waals surface area contributed by atoms with Crippen LogP contribution in [0.3, 0.4) is 0 Å². The number of aromatic nitrogens is 6. The van der Waals surface area contributed by atoms with Crippen LogP contribution >= 0.6 is 23.2 Å². The third-order valence-corrected chi connectivity index (χ3v) is 6.53. The highest BCUT2D eigenvalue weighted by atomic mass is 35.5. The number of rotatable bonds is 2. The number of aryl methyl sites for hydroxylation is 1. The zero-order valence-electron chi connectivity index (χ0n) is 17.0. The van der Waals surface area contributed by atoms with E-state index in [1.165, 1.54) is 6.33 Å². The number of hydrogen-bond acceptors (Lipinski definition) is 7. The van der Waals surface area contributed by atoms with Crippen molar-refractivity contribution < 1.29 is 0 Å². The Bertz CT molecular complexity index is 1370. The standard InChI is InChI=1S/C20H19Cl2N9/c1-20(24)5-7-30(8-6-20)31-19-14(12(9-23)25-10-26-19)17(27-31)11-3-4-13-15(16(11)21)18(22)28-29(13)2/h3-4,10H,5-8,24H2,1-2H3. The smallest absolute Gasteiger partial charge is 0.185 e. The number of piperidine rings is 1. The molecule has 158 valence electrons. The summed E-state index contributed by atoms with van der Waals surface area (Å²) < 4.78 is 1.67. The normalized spacial score (nSPS) is 16.2. The molecule has 11 heteroatoms. The topological polar surface area (TPSA) is 114 Å². The van der Waals surface area contributed by atoms with Crippen LogP contribution in [-0.4, -0.2) is 48.3 Å². The molecule has 4 heterocycles. The molecular formula is C20H19Cl2N9. The van der Waals surface area contributed by atoms with Crippen LogP contribution in [0.4, 0.5) is 0 Å². The Morgan fingerprint density at radius 1 is 1.13 bits per heavy atom. The first-order valence-corrected chi connectivity index (χ1v) is 10.6. The third-order valence-electron chi connectivity index (χ3n) is 5.87. The molecule has 0 saturated carbocycles. The van der Waals surface area contributed by atoms with Crippen molar-refractivity contribution >= 4 is 45.1 Å². The number of halogens is 2. The molecule has 0 amide bonds. The molecule has 1 fully saturated rings. The molecule has 0 aliphatic carbocycles. The summed E-state index contributed by atoms with van der Waals surface area (Å²) in [4.78, 5) is 10.3. The van der Waals surface area contributed by atoms with Gasteiger partial charge in [-0.05, 0) is 31.9 Å². The summed E-state index contributed by atoms with van der Waals surface area (Å²) in [6.07, 6.45) is 3.01. The average Bonchev–Trinajstić information content (AvgIpc) is 3.26. The number of nitriles is 1. The van der Waals surface area contributed by atoms with E-state index in [2.05, 4.69) is 33.1 Å². The lowest BCUT2D eigenvalue weighted by Crippen LogP contribution is -2.52. The number of hydrogen-bond donors (Lipinski definition) is 1. The second-order valence-corrected chi connectivity index (χ2v) is 8.85. The van der Waals surface area contributed by atoms with Crippen LogP contribution in [0.25, 0.3) is 33.2 Å². The van der Waals surface area contributed by atoms with E-state index < -0.39 is 0 Å². The zero-order chi connectivity index (χ0) is 21.9. The fraction of sp³-hybridized carbons (Fsp3) is 0.350. The van der Waals surface area contributed by atoms with E-state index in [0.29, 0.717) is 37.9 Å². The molecule has 3 aromatic heterocycles. The Balaban J connectivity index is 1.75. The van der Waals surface area contributed by atoms with Crippen molar-refractivity contribution in [3.8, 4) is 17.3 Å². The van der Waals surface area contributed by atoms with Gasteiger partial charge in [-0.1, -0.05) is 23.2 Å². The van der Waals surface area contributed by atoms with Crippen LogP contribution in [0.15, 0.2) is 18.5 Å². The number of benzene rings is 1. The Kier molecular flexibility index (Phi) is 4.55. The SMILES string of the molecule is Cn1nc(Cl)c2c(Cl)c(-c3nn(N4CCC(C)(N)CC4)c4ncnc(C#N)c34)ccc21. The summed E-state index contributed by atoms with van der Waals surface area (Å²) in [7, 11) is 1.80. The van der Waals surface area contributed by atoms with Gasteiger partial charge in [0.2, 0.25) is 0 Å². The molecule has 31 heavy (non-hydrogen) atoms. The second-order valence-electron chi connectivity index (χ2n) is 8.11. The fourth-order valence-electron chi connectivity index (χ4n) is 4.05. The van der Waals surface area contributed by atoms with Crippen molar-refractivity contribution in [3.63, 3.8) is 0 Å². The van der Waals surface area contributed by atoms with Gasteiger partial charge in [-0.3, -0.25) is 9.69 Å². The lowest BCUT2D eigenvalue weighted by Gasteiger charge is -2.37. The van der Waals surface area contributed by atoms with Gasteiger partial charge in [0.25, 0.3) is 0 Å². The maximum Gasteiger partial charge on any atom is 0.185 e. The maximum atomic E-state index is 9.71. The predicted molar refractivity (Wildman–Crippen MR) is 120 cm³/mol. The fourth-order valence-corrected chi connectivity index (χ4v) is 4.75. The predicted octanol–water partition coefficient (Wildman–Crippen LogP) is 3.01. The summed E-state index contributed by atoms with van der Waals surface area (Å²) in [5, 5.41) is 22.8. The minimum atomic E-state index is -0.208. The van der Waals surface area contributed by atoms with Crippen LogP contribution in [0.5, 0.6) is 0 Å². The van der Waals surface area contributed by atoms with Gasteiger partial charge in [-0.2, -0.15) is 15.2 Å². The lowest BCUT2D eigenvalue weighted by atomic mass is 9.92. The highest BCUT2D eigenvalue weighted by Crippen LogP contribution is 2.40. The van der Waals surface area contributed by atoms with E-state index in [9.17, 15) is 5.26 Å². The van der Waals surface area contributed by atoms with Gasteiger partial charge in [-0.15, -0.1) is 5.10 Å². The first-order chi connectivity index (χ1) is 14.8.